The third-order valence-corrected chi connectivity index (χ3v) is 5.45. The first kappa shape index (κ1) is 19.1. The molecule has 1 aromatic rings. The van der Waals surface area contributed by atoms with Gasteiger partial charge in [0.15, 0.2) is 0 Å². The summed E-state index contributed by atoms with van der Waals surface area (Å²) in [5, 5.41) is 0.628. The van der Waals surface area contributed by atoms with Gasteiger partial charge in [-0.15, -0.1) is 0 Å². The van der Waals surface area contributed by atoms with Gasteiger partial charge in [0.25, 0.3) is 0 Å². The fourth-order valence-electron chi connectivity index (χ4n) is 3.97. The number of amides is 2. The third kappa shape index (κ3) is 4.03. The van der Waals surface area contributed by atoms with E-state index in [2.05, 4.69) is 0 Å². The van der Waals surface area contributed by atoms with Gasteiger partial charge in [0, 0.05) is 17.5 Å². The lowest BCUT2D eigenvalue weighted by atomic mass is 9.73. The molecule has 3 atom stereocenters. The van der Waals surface area contributed by atoms with Crippen LogP contribution in [-0.4, -0.2) is 48.3 Å². The normalized spacial score (nSPS) is 24.8. The molecule has 3 rings (SSSR count). The molecule has 2 aliphatic rings. The largest absolute Gasteiger partial charge is 0.447 e. The second-order valence-corrected chi connectivity index (χ2v) is 8.00. The van der Waals surface area contributed by atoms with Crippen LogP contribution in [0, 0.1) is 5.92 Å². The average molecular weight is 381 g/mol. The van der Waals surface area contributed by atoms with Gasteiger partial charge in [-0.3, -0.25) is 4.79 Å². The Morgan fingerprint density at radius 1 is 1.31 bits per heavy atom. The van der Waals surface area contributed by atoms with Crippen LogP contribution in [0.4, 0.5) is 4.79 Å². The van der Waals surface area contributed by atoms with Crippen LogP contribution in [0.3, 0.4) is 0 Å². The van der Waals surface area contributed by atoms with Gasteiger partial charge in [0.05, 0.1) is 18.2 Å². The molecule has 2 saturated heterocycles. The van der Waals surface area contributed by atoms with Gasteiger partial charge in [0.2, 0.25) is 5.91 Å². The van der Waals surface area contributed by atoms with Crippen LogP contribution in [0.1, 0.15) is 38.2 Å². The van der Waals surface area contributed by atoms with Crippen molar-refractivity contribution in [3.05, 3.63) is 34.9 Å². The van der Waals surface area contributed by atoms with Crippen molar-refractivity contribution in [3.63, 3.8) is 0 Å². The Morgan fingerprint density at radius 3 is 2.58 bits per heavy atom. The molecule has 2 unspecified atom stereocenters. The van der Waals surface area contributed by atoms with Crippen LogP contribution >= 0.6 is 11.6 Å². The number of hydrogen-bond donors (Lipinski definition) is 1. The van der Waals surface area contributed by atoms with Crippen molar-refractivity contribution in [1.82, 2.24) is 4.90 Å². The van der Waals surface area contributed by atoms with E-state index in [-0.39, 0.29) is 30.6 Å². The number of ether oxygens (including phenoxy) is 2. The maximum Gasteiger partial charge on any atom is 0.416 e. The molecule has 0 radical (unpaired) electrons. The van der Waals surface area contributed by atoms with Crippen LogP contribution < -0.4 is 5.73 Å². The fraction of sp³-hybridized carbons (Fsp3) is 0.579. The first-order valence-corrected chi connectivity index (χ1v) is 9.29. The summed E-state index contributed by atoms with van der Waals surface area (Å²) in [5.41, 5.74) is 7.09. The van der Waals surface area contributed by atoms with Crippen molar-refractivity contribution in [3.8, 4) is 0 Å². The SMILES string of the molecule is CC1(C)CC(C(c2ccc(Cl)cc2)[C@H](N)C(=O)N2CCOC2=O)CCO1. The smallest absolute Gasteiger partial charge is 0.416 e. The van der Waals surface area contributed by atoms with Crippen LogP contribution in [0.15, 0.2) is 24.3 Å². The van der Waals surface area contributed by atoms with E-state index >= 15 is 0 Å². The summed E-state index contributed by atoms with van der Waals surface area (Å²) < 4.78 is 10.7. The van der Waals surface area contributed by atoms with E-state index in [1.807, 2.05) is 26.0 Å². The molecule has 6 nitrogen and oxygen atoms in total. The van der Waals surface area contributed by atoms with Gasteiger partial charge in [0.1, 0.15) is 6.61 Å². The third-order valence-electron chi connectivity index (χ3n) is 5.20. The predicted molar refractivity (Wildman–Crippen MR) is 98.0 cm³/mol. The van der Waals surface area contributed by atoms with Crippen molar-refractivity contribution in [2.45, 2.75) is 44.2 Å². The van der Waals surface area contributed by atoms with Crippen LogP contribution in [0.25, 0.3) is 0 Å². The van der Waals surface area contributed by atoms with Gasteiger partial charge < -0.3 is 15.2 Å². The Kier molecular flexibility index (Phi) is 5.55. The summed E-state index contributed by atoms with van der Waals surface area (Å²) >= 11 is 6.02. The predicted octanol–water partition coefficient (Wildman–Crippen LogP) is 2.93. The molecule has 7 heteroatoms. The Hall–Kier alpha value is -1.63. The maximum absolute atomic E-state index is 12.9. The van der Waals surface area contributed by atoms with E-state index in [9.17, 15) is 9.59 Å². The lowest BCUT2D eigenvalue weighted by Gasteiger charge is -2.41. The van der Waals surface area contributed by atoms with Crippen molar-refractivity contribution in [2.75, 3.05) is 19.8 Å². The zero-order chi connectivity index (χ0) is 18.9. The monoisotopic (exact) mass is 380 g/mol. The van der Waals surface area contributed by atoms with Crippen molar-refractivity contribution in [1.29, 1.82) is 0 Å². The van der Waals surface area contributed by atoms with Crippen molar-refractivity contribution < 1.29 is 19.1 Å². The molecule has 2 fully saturated rings. The molecule has 0 aliphatic carbocycles. The number of cyclic esters (lactones) is 1. The Morgan fingerprint density at radius 2 is 2.00 bits per heavy atom. The summed E-state index contributed by atoms with van der Waals surface area (Å²) in [6, 6.07) is 6.59. The van der Waals surface area contributed by atoms with Gasteiger partial charge in [-0.2, -0.15) is 0 Å². The van der Waals surface area contributed by atoms with E-state index in [4.69, 9.17) is 26.8 Å². The van der Waals surface area contributed by atoms with Crippen LogP contribution in [0.5, 0.6) is 0 Å². The first-order valence-electron chi connectivity index (χ1n) is 8.92. The lowest BCUT2D eigenvalue weighted by Crippen LogP contribution is -2.50. The molecule has 1 aromatic carbocycles. The van der Waals surface area contributed by atoms with Gasteiger partial charge in [-0.1, -0.05) is 23.7 Å². The molecule has 142 valence electrons. The number of benzene rings is 1. The number of imide groups is 1. The Balaban J connectivity index is 1.90. The second kappa shape index (κ2) is 7.55. The lowest BCUT2D eigenvalue weighted by molar-refractivity contribution is -0.131. The van der Waals surface area contributed by atoms with Crippen molar-refractivity contribution in [2.24, 2.45) is 11.7 Å². The first-order chi connectivity index (χ1) is 12.3. The minimum atomic E-state index is -0.833. The van der Waals surface area contributed by atoms with Gasteiger partial charge >= 0.3 is 6.09 Å². The number of carbonyl (C=O) groups excluding carboxylic acids is 2. The molecule has 0 bridgehead atoms. The van der Waals surface area contributed by atoms with Crippen LogP contribution in [0.2, 0.25) is 5.02 Å². The van der Waals surface area contributed by atoms with E-state index < -0.39 is 18.0 Å². The Bertz CT molecular complexity index is 677. The minimum Gasteiger partial charge on any atom is -0.447 e. The summed E-state index contributed by atoms with van der Waals surface area (Å²) in [5.74, 6) is -0.453. The molecule has 2 heterocycles. The molecule has 26 heavy (non-hydrogen) atoms. The number of carbonyl (C=O) groups is 2. The summed E-state index contributed by atoms with van der Waals surface area (Å²) in [6.45, 7) is 5.17. The zero-order valence-corrected chi connectivity index (χ0v) is 15.9. The van der Waals surface area contributed by atoms with Gasteiger partial charge in [-0.05, 0) is 50.3 Å². The van der Waals surface area contributed by atoms with Crippen LogP contribution in [-0.2, 0) is 14.3 Å². The molecule has 0 saturated carbocycles. The Labute approximate surface area is 158 Å². The summed E-state index contributed by atoms with van der Waals surface area (Å²) in [4.78, 5) is 25.8. The van der Waals surface area contributed by atoms with Gasteiger partial charge in [-0.25, -0.2) is 9.69 Å². The number of hydrogen-bond acceptors (Lipinski definition) is 5. The molecule has 2 aliphatic heterocycles. The quantitative estimate of drug-likeness (QED) is 0.868. The average Bonchev–Trinajstić information content (AvgIpc) is 3.01. The summed E-state index contributed by atoms with van der Waals surface area (Å²) in [7, 11) is 0. The highest BCUT2D eigenvalue weighted by Gasteiger charge is 2.42. The number of nitrogens with two attached hydrogens (primary N) is 1. The molecule has 0 spiro atoms. The molecule has 2 amide bonds. The highest BCUT2D eigenvalue weighted by molar-refractivity contribution is 6.30. The zero-order valence-electron chi connectivity index (χ0n) is 15.1. The molecular formula is C19H25ClN2O4. The molecule has 2 N–H and O–H groups in total. The van der Waals surface area contributed by atoms with E-state index in [0.717, 1.165) is 23.3 Å². The number of rotatable bonds is 4. The highest BCUT2D eigenvalue weighted by Crippen LogP contribution is 2.40. The topological polar surface area (TPSA) is 81.9 Å². The highest BCUT2D eigenvalue weighted by atomic mass is 35.5. The number of halogens is 1. The summed E-state index contributed by atoms with van der Waals surface area (Å²) in [6.07, 6.45) is 0.973. The van der Waals surface area contributed by atoms with E-state index in [0.29, 0.717) is 11.6 Å². The standard InChI is InChI=1S/C19H25ClN2O4/c1-19(2)11-13(7-9-26-19)15(12-3-5-14(20)6-4-12)16(21)17(23)22-8-10-25-18(22)24/h3-6,13,15-16H,7-11,21H2,1-2H3/t13?,15?,16-/m0/s1. The minimum absolute atomic E-state index is 0.164. The maximum atomic E-state index is 12.9. The number of nitrogens with zero attached hydrogens (tertiary/aromatic N) is 1. The second-order valence-electron chi connectivity index (χ2n) is 7.57. The van der Waals surface area contributed by atoms with Crippen molar-refractivity contribution >= 4 is 23.6 Å². The van der Waals surface area contributed by atoms with E-state index in [1.165, 1.54) is 0 Å². The molecular weight excluding hydrogens is 356 g/mol. The van der Waals surface area contributed by atoms with E-state index in [1.54, 1.807) is 12.1 Å². The fourth-order valence-corrected chi connectivity index (χ4v) is 4.10. The molecule has 0 aromatic heterocycles.